The molecule has 0 saturated carbocycles. The van der Waals surface area contributed by atoms with Gasteiger partial charge in [-0.05, 0) is 69.3 Å². The fourth-order valence-corrected chi connectivity index (χ4v) is 9.28. The lowest BCUT2D eigenvalue weighted by molar-refractivity contribution is -0.139. The summed E-state index contributed by atoms with van der Waals surface area (Å²) in [6.07, 6.45) is 7.99. The number of aliphatic hydroxyl groups excluding tert-OH is 1. The van der Waals surface area contributed by atoms with E-state index in [0.717, 1.165) is 35.9 Å². The minimum Gasteiger partial charge on any atom is -0.494 e. The van der Waals surface area contributed by atoms with E-state index in [1.165, 1.54) is 4.90 Å². The second-order valence-corrected chi connectivity index (χ2v) is 12.9. The third-order valence-electron chi connectivity index (χ3n) is 9.25. The van der Waals surface area contributed by atoms with Gasteiger partial charge in [-0.3, -0.25) is 14.4 Å². The van der Waals surface area contributed by atoms with Crippen molar-refractivity contribution in [1.82, 2.24) is 4.90 Å². The Morgan fingerprint density at radius 3 is 2.16 bits per heavy atom. The molecule has 10 heteroatoms. The van der Waals surface area contributed by atoms with E-state index < -0.39 is 22.6 Å². The van der Waals surface area contributed by atoms with Crippen molar-refractivity contribution in [3.8, 4) is 5.75 Å². The highest BCUT2D eigenvalue weighted by atomic mass is 32.2. The van der Waals surface area contributed by atoms with Gasteiger partial charge in [0.15, 0.2) is 0 Å². The number of carbonyl (C=O) groups is 3. The average Bonchev–Trinajstić information content (AvgIpc) is 3.34. The Morgan fingerprint density at radius 2 is 1.52 bits per heavy atom. The van der Waals surface area contributed by atoms with E-state index in [-0.39, 0.29) is 36.1 Å². The quantitative estimate of drug-likeness (QED) is 0.430. The molecule has 2 aromatic rings. The lowest BCUT2D eigenvalue weighted by Gasteiger charge is -2.35. The number of rotatable bonds is 9. The van der Waals surface area contributed by atoms with Gasteiger partial charge in [0.05, 0.1) is 29.8 Å². The van der Waals surface area contributed by atoms with Gasteiger partial charge in [-0.1, -0.05) is 24.3 Å². The molecule has 5 atom stereocenters. The van der Waals surface area contributed by atoms with Crippen molar-refractivity contribution in [1.29, 1.82) is 0 Å². The van der Waals surface area contributed by atoms with Crippen LogP contribution >= 0.6 is 11.8 Å². The Balaban J connectivity index is 1.35. The molecule has 0 aromatic heterocycles. The van der Waals surface area contributed by atoms with Crippen molar-refractivity contribution in [2.24, 2.45) is 11.8 Å². The van der Waals surface area contributed by atoms with Gasteiger partial charge in [0, 0.05) is 55.0 Å². The summed E-state index contributed by atoms with van der Waals surface area (Å²) >= 11 is 1.54. The predicted octanol–water partition coefficient (Wildman–Crippen LogP) is 3.73. The minimum atomic E-state index is -0.934. The lowest BCUT2D eigenvalue weighted by Crippen LogP contribution is -2.53. The summed E-state index contributed by atoms with van der Waals surface area (Å²) in [6.45, 7) is 8.96. The highest BCUT2D eigenvalue weighted by molar-refractivity contribution is 8.02. The van der Waals surface area contributed by atoms with E-state index in [1.54, 1.807) is 21.6 Å². The van der Waals surface area contributed by atoms with Crippen molar-refractivity contribution < 1.29 is 24.2 Å². The number of benzene rings is 2. The second kappa shape index (κ2) is 12.3. The Labute approximate surface area is 263 Å². The van der Waals surface area contributed by atoms with Crippen LogP contribution in [0.1, 0.15) is 20.8 Å². The molecule has 9 nitrogen and oxygen atoms in total. The van der Waals surface area contributed by atoms with E-state index in [2.05, 4.69) is 18.7 Å². The number of fused-ring (bicyclic) bond motifs is 2. The first-order chi connectivity index (χ1) is 21.4. The number of carbonyl (C=O) groups excluding carboxylic acids is 3. The maximum absolute atomic E-state index is 14.5. The summed E-state index contributed by atoms with van der Waals surface area (Å²) in [7, 11) is 0. The van der Waals surface area contributed by atoms with Gasteiger partial charge in [-0.15, -0.1) is 11.8 Å². The van der Waals surface area contributed by atoms with Gasteiger partial charge >= 0.3 is 0 Å². The molecule has 4 aliphatic heterocycles. The predicted molar refractivity (Wildman–Crippen MR) is 174 cm³/mol. The van der Waals surface area contributed by atoms with Crippen LogP contribution in [0.4, 0.5) is 17.1 Å². The maximum Gasteiger partial charge on any atom is 0.251 e. The number of ether oxygens (including phenoxy) is 1. The zero-order chi connectivity index (χ0) is 31.0. The van der Waals surface area contributed by atoms with Gasteiger partial charge < -0.3 is 29.4 Å². The number of nitrogens with zero attached hydrogens (tertiary/aromatic N) is 4. The summed E-state index contributed by atoms with van der Waals surface area (Å²) in [5.41, 5.74) is 2.57. The second-order valence-electron chi connectivity index (χ2n) is 11.4. The van der Waals surface area contributed by atoms with Crippen molar-refractivity contribution in [2.45, 2.75) is 36.8 Å². The van der Waals surface area contributed by atoms with E-state index >= 15 is 0 Å². The van der Waals surface area contributed by atoms with Gasteiger partial charge in [0.2, 0.25) is 11.8 Å². The Kier molecular flexibility index (Phi) is 8.48. The minimum absolute atomic E-state index is 0.0284. The zero-order valence-corrected chi connectivity index (χ0v) is 26.3. The zero-order valence-electron chi connectivity index (χ0n) is 25.5. The largest absolute Gasteiger partial charge is 0.494 e. The molecule has 4 aliphatic rings. The van der Waals surface area contributed by atoms with E-state index in [9.17, 15) is 19.5 Å². The highest BCUT2D eigenvalue weighted by Crippen LogP contribution is 2.61. The molecule has 2 aromatic carbocycles. The number of thioether (sulfide) groups is 1. The average molecular weight is 617 g/mol. The number of aliphatic hydroxyl groups is 1. The highest BCUT2D eigenvalue weighted by Gasteiger charge is 2.71. The standard InChI is InChI=1S/C34H40N4O5S/c1-4-35(5-2)23-10-12-24(13-11-23)37-20-8-18-34-29(32(41)38(21-22-39)30(34)33(37)42)28-27(44-34)9-7-19-36(31(28)40)25-14-16-26(17-15-25)43-6-3/h7-18,27-30,39H,4-6,19-22H2,1-3H3/t27-,28+,29-,30?,34-/m0/s1. The molecular formula is C34H40N4O5S. The van der Waals surface area contributed by atoms with Crippen molar-refractivity contribution in [3.05, 3.63) is 72.8 Å². The van der Waals surface area contributed by atoms with Crippen LogP contribution in [0.2, 0.25) is 0 Å². The number of amides is 3. The molecule has 1 spiro atoms. The monoisotopic (exact) mass is 616 g/mol. The fourth-order valence-electron chi connectivity index (χ4n) is 7.27. The molecule has 1 N–H and O–H groups in total. The Hall–Kier alpha value is -3.76. The molecule has 3 amide bonds. The van der Waals surface area contributed by atoms with E-state index in [0.29, 0.717) is 19.7 Å². The van der Waals surface area contributed by atoms with Crippen LogP contribution < -0.4 is 19.4 Å². The van der Waals surface area contributed by atoms with Gasteiger partial charge in [0.1, 0.15) is 11.8 Å². The molecule has 1 unspecified atom stereocenters. The molecule has 4 heterocycles. The summed E-state index contributed by atoms with van der Waals surface area (Å²) in [6, 6.07) is 14.5. The van der Waals surface area contributed by atoms with E-state index in [1.807, 2.05) is 79.8 Å². The van der Waals surface area contributed by atoms with Crippen molar-refractivity contribution in [3.63, 3.8) is 0 Å². The first-order valence-corrected chi connectivity index (χ1v) is 16.4. The van der Waals surface area contributed by atoms with Crippen LogP contribution in [0.5, 0.6) is 5.75 Å². The summed E-state index contributed by atoms with van der Waals surface area (Å²) < 4.78 is 4.65. The Bertz CT molecular complexity index is 1460. The smallest absolute Gasteiger partial charge is 0.251 e. The molecule has 2 fully saturated rings. The van der Waals surface area contributed by atoms with Gasteiger partial charge in [0.25, 0.3) is 5.91 Å². The van der Waals surface area contributed by atoms with Gasteiger partial charge in [-0.25, -0.2) is 0 Å². The fraction of sp³-hybridized carbons (Fsp3) is 0.441. The Morgan fingerprint density at radius 1 is 0.886 bits per heavy atom. The van der Waals surface area contributed by atoms with Crippen LogP contribution in [0.15, 0.2) is 72.8 Å². The molecule has 2 saturated heterocycles. The summed E-state index contributed by atoms with van der Waals surface area (Å²) in [4.78, 5) is 50.3. The van der Waals surface area contributed by atoms with Crippen LogP contribution in [-0.4, -0.2) is 89.7 Å². The molecule has 44 heavy (non-hydrogen) atoms. The third kappa shape index (κ3) is 4.88. The number of hydrogen-bond acceptors (Lipinski definition) is 7. The number of hydrogen-bond donors (Lipinski definition) is 1. The lowest BCUT2D eigenvalue weighted by atomic mass is 9.78. The topological polar surface area (TPSA) is 93.6 Å². The first kappa shape index (κ1) is 30.3. The van der Waals surface area contributed by atoms with Crippen LogP contribution in [-0.2, 0) is 14.4 Å². The van der Waals surface area contributed by atoms with E-state index in [4.69, 9.17) is 4.74 Å². The van der Waals surface area contributed by atoms with Crippen molar-refractivity contribution >= 4 is 46.5 Å². The number of likely N-dealkylation sites (tertiary alicyclic amines) is 1. The van der Waals surface area contributed by atoms with Gasteiger partial charge in [-0.2, -0.15) is 0 Å². The number of β-amino-alcohol motifs (C(OH)–C–C–N with tert-alkyl or cyclic N) is 1. The summed E-state index contributed by atoms with van der Waals surface area (Å²) in [5.74, 6) is -1.24. The molecule has 6 rings (SSSR count). The van der Waals surface area contributed by atoms with Crippen LogP contribution in [0.25, 0.3) is 0 Å². The van der Waals surface area contributed by atoms with Crippen molar-refractivity contribution in [2.75, 3.05) is 60.6 Å². The normalized spacial score (nSPS) is 27.6. The SMILES string of the molecule is CCOc1ccc(N2CC=C[C@@H]3S[C@]45C=CCN(c6ccc(N(CC)CC)cc6)C(=O)C4N(CCO)C(=O)[C@@H]5[C@@H]3C2=O)cc1. The van der Waals surface area contributed by atoms with Crippen LogP contribution in [0, 0.1) is 11.8 Å². The maximum atomic E-state index is 14.5. The molecule has 0 radical (unpaired) electrons. The third-order valence-corrected chi connectivity index (χ3v) is 11.0. The number of anilines is 3. The molecule has 232 valence electrons. The van der Waals surface area contributed by atoms with Crippen LogP contribution in [0.3, 0.4) is 0 Å². The molecule has 0 aliphatic carbocycles. The summed E-state index contributed by atoms with van der Waals surface area (Å²) in [5, 5.41) is 9.74. The molecule has 0 bridgehead atoms. The molecular weight excluding hydrogens is 576 g/mol. The first-order valence-electron chi connectivity index (χ1n) is 15.5.